The van der Waals surface area contributed by atoms with Crippen molar-refractivity contribution in [1.29, 1.82) is 0 Å². The summed E-state index contributed by atoms with van der Waals surface area (Å²) in [7, 11) is 3.55. The first-order valence-corrected chi connectivity index (χ1v) is 7.33. The molecule has 0 aliphatic heterocycles. The fourth-order valence-electron chi connectivity index (χ4n) is 2.08. The third-order valence-electron chi connectivity index (χ3n) is 3.84. The lowest BCUT2D eigenvalue weighted by molar-refractivity contribution is -0.125. The number of hydrogen-bond donors (Lipinski definition) is 2. The molecule has 1 atom stereocenters. The minimum Gasteiger partial charge on any atom is -0.355 e. The Morgan fingerprint density at radius 3 is 2.43 bits per heavy atom. The molecule has 2 N–H and O–H groups in total. The number of rotatable bonds is 6. The lowest BCUT2D eigenvalue weighted by atomic mass is 10.1. The molecule has 5 heteroatoms. The highest BCUT2D eigenvalue weighted by atomic mass is 16.2. The Labute approximate surface area is 125 Å². The fraction of sp³-hybridized carbons (Fsp3) is 0.500. The van der Waals surface area contributed by atoms with E-state index >= 15 is 0 Å². The molecule has 0 saturated heterocycles. The van der Waals surface area contributed by atoms with Crippen LogP contribution in [0.25, 0.3) is 0 Å². The number of carbonyl (C=O) groups excluding carboxylic acids is 2. The zero-order valence-corrected chi connectivity index (χ0v) is 12.8. The minimum atomic E-state index is -0.163. The van der Waals surface area contributed by atoms with Crippen LogP contribution >= 0.6 is 0 Å². The summed E-state index contributed by atoms with van der Waals surface area (Å²) in [4.78, 5) is 25.5. The normalized spacial score (nSPS) is 15.6. The summed E-state index contributed by atoms with van der Waals surface area (Å²) < 4.78 is 0. The van der Waals surface area contributed by atoms with Gasteiger partial charge in [-0.25, -0.2) is 0 Å². The number of hydrogen-bond acceptors (Lipinski definition) is 3. The molecule has 0 aromatic heterocycles. The number of amides is 2. The van der Waals surface area contributed by atoms with Crippen LogP contribution in [0.5, 0.6) is 0 Å². The SMILES string of the molecule is CNC(=O)c1ccc(CN(C)[C@H](C)C(=O)NC2CC2)cc1. The smallest absolute Gasteiger partial charge is 0.251 e. The second-order valence-electron chi connectivity index (χ2n) is 5.65. The van der Waals surface area contributed by atoms with Crippen molar-refractivity contribution in [3.63, 3.8) is 0 Å². The van der Waals surface area contributed by atoms with Gasteiger partial charge in [0.15, 0.2) is 0 Å². The van der Waals surface area contributed by atoms with Gasteiger partial charge >= 0.3 is 0 Å². The molecule has 1 saturated carbocycles. The van der Waals surface area contributed by atoms with Crippen LogP contribution in [0.4, 0.5) is 0 Å². The van der Waals surface area contributed by atoms with Crippen LogP contribution < -0.4 is 10.6 Å². The van der Waals surface area contributed by atoms with Crippen LogP contribution in [-0.4, -0.2) is 42.9 Å². The molecular formula is C16H23N3O2. The van der Waals surface area contributed by atoms with E-state index < -0.39 is 0 Å². The molecule has 114 valence electrons. The van der Waals surface area contributed by atoms with E-state index in [9.17, 15) is 9.59 Å². The van der Waals surface area contributed by atoms with Gasteiger partial charge in [-0.15, -0.1) is 0 Å². The standard InChI is InChI=1S/C16H23N3O2/c1-11(15(20)18-14-8-9-14)19(3)10-12-4-6-13(7-5-12)16(21)17-2/h4-7,11,14H,8-10H2,1-3H3,(H,17,21)(H,18,20)/t11-/m1/s1. The Hall–Kier alpha value is -1.88. The van der Waals surface area contributed by atoms with Crippen LogP contribution in [0.15, 0.2) is 24.3 Å². The summed E-state index contributed by atoms with van der Waals surface area (Å²) in [6.45, 7) is 2.59. The van der Waals surface area contributed by atoms with Crippen molar-refractivity contribution in [1.82, 2.24) is 15.5 Å². The lowest BCUT2D eigenvalue weighted by Gasteiger charge is -2.24. The van der Waals surface area contributed by atoms with Gasteiger partial charge in [0.2, 0.25) is 5.91 Å². The molecule has 2 rings (SSSR count). The van der Waals surface area contributed by atoms with Gasteiger partial charge in [-0.1, -0.05) is 12.1 Å². The Balaban J connectivity index is 1.90. The van der Waals surface area contributed by atoms with Crippen LogP contribution in [0.1, 0.15) is 35.7 Å². The number of benzene rings is 1. The summed E-state index contributed by atoms with van der Waals surface area (Å²) in [5, 5.41) is 5.61. The summed E-state index contributed by atoms with van der Waals surface area (Å²) in [5.74, 6) is -0.00550. The van der Waals surface area contributed by atoms with Crippen LogP contribution in [0.3, 0.4) is 0 Å². The average molecular weight is 289 g/mol. The highest BCUT2D eigenvalue weighted by Crippen LogP contribution is 2.19. The van der Waals surface area contributed by atoms with E-state index in [1.54, 1.807) is 19.2 Å². The second kappa shape index (κ2) is 6.72. The maximum Gasteiger partial charge on any atom is 0.251 e. The Morgan fingerprint density at radius 2 is 1.90 bits per heavy atom. The van der Waals surface area contributed by atoms with Gasteiger partial charge in [-0.3, -0.25) is 14.5 Å². The predicted molar refractivity (Wildman–Crippen MR) is 81.9 cm³/mol. The second-order valence-corrected chi connectivity index (χ2v) is 5.65. The van der Waals surface area contributed by atoms with Crippen molar-refractivity contribution in [2.24, 2.45) is 0 Å². The summed E-state index contributed by atoms with van der Waals surface area (Å²) >= 11 is 0. The van der Waals surface area contributed by atoms with E-state index in [0.717, 1.165) is 18.4 Å². The van der Waals surface area contributed by atoms with E-state index in [1.807, 2.05) is 31.0 Å². The number of nitrogens with zero attached hydrogens (tertiary/aromatic N) is 1. The Bertz CT molecular complexity index is 509. The molecule has 0 radical (unpaired) electrons. The Kier molecular flexibility index (Phi) is 4.96. The minimum absolute atomic E-state index is 0.0852. The third kappa shape index (κ3) is 4.29. The number of nitrogens with one attached hydrogen (secondary N) is 2. The van der Waals surface area contributed by atoms with Gasteiger partial charge in [0.25, 0.3) is 5.91 Å². The molecule has 1 aliphatic carbocycles. The van der Waals surface area contributed by atoms with Gasteiger partial charge in [-0.2, -0.15) is 0 Å². The molecule has 0 unspecified atom stereocenters. The molecule has 0 bridgehead atoms. The van der Waals surface area contributed by atoms with Gasteiger partial charge < -0.3 is 10.6 Å². The van der Waals surface area contributed by atoms with E-state index in [-0.39, 0.29) is 17.9 Å². The molecule has 21 heavy (non-hydrogen) atoms. The van der Waals surface area contributed by atoms with Crippen LogP contribution in [-0.2, 0) is 11.3 Å². The predicted octanol–water partition coefficient (Wildman–Crippen LogP) is 1.15. The first-order valence-electron chi connectivity index (χ1n) is 7.33. The number of carbonyl (C=O) groups is 2. The van der Waals surface area contributed by atoms with E-state index in [2.05, 4.69) is 10.6 Å². The van der Waals surface area contributed by atoms with Crippen LogP contribution in [0, 0.1) is 0 Å². The van der Waals surface area contributed by atoms with Gasteiger partial charge in [0.1, 0.15) is 0 Å². The highest BCUT2D eigenvalue weighted by Gasteiger charge is 2.27. The van der Waals surface area contributed by atoms with Gasteiger partial charge in [-0.05, 0) is 44.5 Å². The van der Waals surface area contributed by atoms with Crippen molar-refractivity contribution in [2.75, 3.05) is 14.1 Å². The molecular weight excluding hydrogens is 266 g/mol. The fourth-order valence-corrected chi connectivity index (χ4v) is 2.08. The van der Waals surface area contributed by atoms with Gasteiger partial charge in [0, 0.05) is 25.2 Å². The molecule has 5 nitrogen and oxygen atoms in total. The third-order valence-corrected chi connectivity index (χ3v) is 3.84. The van der Waals surface area contributed by atoms with Crippen molar-refractivity contribution in [3.8, 4) is 0 Å². The van der Waals surface area contributed by atoms with Crippen molar-refractivity contribution >= 4 is 11.8 Å². The molecule has 0 heterocycles. The zero-order valence-electron chi connectivity index (χ0n) is 12.8. The maximum absolute atomic E-state index is 12.0. The summed E-state index contributed by atoms with van der Waals surface area (Å²) in [6.07, 6.45) is 2.20. The van der Waals surface area contributed by atoms with Crippen LogP contribution in [0.2, 0.25) is 0 Å². The van der Waals surface area contributed by atoms with E-state index in [1.165, 1.54) is 0 Å². The molecule has 1 aromatic rings. The van der Waals surface area contributed by atoms with Gasteiger partial charge in [0.05, 0.1) is 6.04 Å². The Morgan fingerprint density at radius 1 is 1.29 bits per heavy atom. The first kappa shape index (κ1) is 15.5. The largest absolute Gasteiger partial charge is 0.355 e. The highest BCUT2D eigenvalue weighted by molar-refractivity contribution is 5.93. The van der Waals surface area contributed by atoms with Crippen molar-refractivity contribution in [2.45, 2.75) is 38.4 Å². The first-order chi connectivity index (χ1) is 10.0. The van der Waals surface area contributed by atoms with Crippen molar-refractivity contribution < 1.29 is 9.59 Å². The topological polar surface area (TPSA) is 61.4 Å². The quantitative estimate of drug-likeness (QED) is 0.826. The lowest BCUT2D eigenvalue weighted by Crippen LogP contribution is -2.43. The molecule has 2 amide bonds. The van der Waals surface area contributed by atoms with Crippen molar-refractivity contribution in [3.05, 3.63) is 35.4 Å². The molecule has 1 aromatic carbocycles. The van der Waals surface area contributed by atoms with E-state index in [0.29, 0.717) is 18.2 Å². The van der Waals surface area contributed by atoms with E-state index in [4.69, 9.17) is 0 Å². The zero-order chi connectivity index (χ0) is 15.4. The summed E-state index contributed by atoms with van der Waals surface area (Å²) in [6, 6.07) is 7.68. The molecule has 1 aliphatic rings. The summed E-state index contributed by atoms with van der Waals surface area (Å²) in [5.41, 5.74) is 1.72. The number of likely N-dealkylation sites (N-methyl/N-ethyl adjacent to an activating group) is 1. The molecule has 1 fully saturated rings. The maximum atomic E-state index is 12.0. The monoisotopic (exact) mass is 289 g/mol. The molecule has 0 spiro atoms. The average Bonchev–Trinajstić information content (AvgIpc) is 3.30.